The topological polar surface area (TPSA) is 73.9 Å². The smallest absolute Gasteiger partial charge is 0.371 e. The van der Waals surface area contributed by atoms with Gasteiger partial charge in [-0.05, 0) is 36.7 Å². The SMILES string of the molecule is CCCN(CCO)Cc1ccc2oc(C(=O)O)cc2c1. The number of benzene rings is 1. The fraction of sp³-hybridized carbons (Fsp3) is 0.400. The number of furan rings is 1. The van der Waals surface area contributed by atoms with E-state index in [4.69, 9.17) is 14.6 Å². The van der Waals surface area contributed by atoms with E-state index in [1.165, 1.54) is 6.07 Å². The second-order valence-electron chi connectivity index (χ2n) is 4.79. The van der Waals surface area contributed by atoms with Crippen molar-refractivity contribution in [3.8, 4) is 0 Å². The molecule has 5 heteroatoms. The number of hydrogen-bond acceptors (Lipinski definition) is 4. The van der Waals surface area contributed by atoms with E-state index in [0.29, 0.717) is 12.1 Å². The maximum absolute atomic E-state index is 10.9. The van der Waals surface area contributed by atoms with Crippen LogP contribution < -0.4 is 0 Å². The van der Waals surface area contributed by atoms with Crippen molar-refractivity contribution in [2.45, 2.75) is 19.9 Å². The Morgan fingerprint density at radius 1 is 1.30 bits per heavy atom. The summed E-state index contributed by atoms with van der Waals surface area (Å²) in [6, 6.07) is 7.19. The number of fused-ring (bicyclic) bond motifs is 1. The minimum absolute atomic E-state index is 0.0436. The molecule has 0 aliphatic carbocycles. The molecule has 0 saturated heterocycles. The first-order chi connectivity index (χ1) is 9.63. The highest BCUT2D eigenvalue weighted by molar-refractivity contribution is 5.91. The van der Waals surface area contributed by atoms with E-state index in [9.17, 15) is 4.79 Å². The molecule has 2 N–H and O–H groups in total. The molecule has 0 bridgehead atoms. The second-order valence-corrected chi connectivity index (χ2v) is 4.79. The van der Waals surface area contributed by atoms with E-state index in [2.05, 4.69) is 11.8 Å². The molecule has 108 valence electrons. The van der Waals surface area contributed by atoms with Crippen molar-refractivity contribution in [2.24, 2.45) is 0 Å². The number of aromatic carboxylic acids is 1. The van der Waals surface area contributed by atoms with Crippen LogP contribution in [0.5, 0.6) is 0 Å². The number of carbonyl (C=O) groups is 1. The maximum atomic E-state index is 10.9. The van der Waals surface area contributed by atoms with Crippen molar-refractivity contribution in [1.82, 2.24) is 4.90 Å². The van der Waals surface area contributed by atoms with Crippen molar-refractivity contribution in [1.29, 1.82) is 0 Å². The molecule has 1 aromatic heterocycles. The summed E-state index contributed by atoms with van der Waals surface area (Å²) in [5.74, 6) is -1.10. The van der Waals surface area contributed by atoms with Crippen molar-refractivity contribution < 1.29 is 19.4 Å². The lowest BCUT2D eigenvalue weighted by Crippen LogP contribution is -2.27. The predicted molar refractivity (Wildman–Crippen MR) is 75.8 cm³/mol. The predicted octanol–water partition coefficient (Wildman–Crippen LogP) is 2.34. The van der Waals surface area contributed by atoms with Gasteiger partial charge in [-0.3, -0.25) is 4.90 Å². The van der Waals surface area contributed by atoms with Gasteiger partial charge in [0.15, 0.2) is 0 Å². The lowest BCUT2D eigenvalue weighted by molar-refractivity contribution is 0.0665. The van der Waals surface area contributed by atoms with Gasteiger partial charge in [0.25, 0.3) is 0 Å². The normalized spacial score (nSPS) is 11.3. The Morgan fingerprint density at radius 2 is 2.10 bits per heavy atom. The van der Waals surface area contributed by atoms with Crippen LogP contribution in [-0.2, 0) is 6.54 Å². The molecule has 0 fully saturated rings. The zero-order chi connectivity index (χ0) is 14.5. The van der Waals surface area contributed by atoms with Crippen LogP contribution in [0.2, 0.25) is 0 Å². The molecule has 0 amide bonds. The van der Waals surface area contributed by atoms with Gasteiger partial charge in [0.2, 0.25) is 5.76 Å². The van der Waals surface area contributed by atoms with Crippen molar-refractivity contribution in [3.05, 3.63) is 35.6 Å². The molecule has 0 aliphatic heterocycles. The van der Waals surface area contributed by atoms with Gasteiger partial charge in [-0.1, -0.05) is 13.0 Å². The summed E-state index contributed by atoms with van der Waals surface area (Å²) >= 11 is 0. The van der Waals surface area contributed by atoms with Crippen LogP contribution in [0.15, 0.2) is 28.7 Å². The Labute approximate surface area is 117 Å². The Bertz CT molecular complexity index is 585. The van der Waals surface area contributed by atoms with Gasteiger partial charge in [0.1, 0.15) is 5.58 Å². The lowest BCUT2D eigenvalue weighted by Gasteiger charge is -2.20. The largest absolute Gasteiger partial charge is 0.475 e. The van der Waals surface area contributed by atoms with Gasteiger partial charge >= 0.3 is 5.97 Å². The number of nitrogens with zero attached hydrogens (tertiary/aromatic N) is 1. The summed E-state index contributed by atoms with van der Waals surface area (Å²) in [6.45, 7) is 4.53. The van der Waals surface area contributed by atoms with Crippen LogP contribution in [0.1, 0.15) is 29.5 Å². The molecule has 1 aromatic carbocycles. The monoisotopic (exact) mass is 277 g/mol. The van der Waals surface area contributed by atoms with Crippen LogP contribution in [0.4, 0.5) is 0 Å². The zero-order valence-electron chi connectivity index (χ0n) is 11.5. The highest BCUT2D eigenvalue weighted by atomic mass is 16.4. The molecule has 0 unspecified atom stereocenters. The molecular formula is C15H19NO4. The first kappa shape index (κ1) is 14.6. The molecule has 0 radical (unpaired) electrons. The minimum atomic E-state index is -1.06. The summed E-state index contributed by atoms with van der Waals surface area (Å²) in [5.41, 5.74) is 1.66. The molecular weight excluding hydrogens is 258 g/mol. The fourth-order valence-electron chi connectivity index (χ4n) is 2.28. The Kier molecular flexibility index (Phi) is 4.76. The lowest BCUT2D eigenvalue weighted by atomic mass is 10.1. The summed E-state index contributed by atoms with van der Waals surface area (Å²) in [4.78, 5) is 13.0. The van der Waals surface area contributed by atoms with Gasteiger partial charge in [-0.2, -0.15) is 0 Å². The van der Waals surface area contributed by atoms with Gasteiger partial charge in [0.05, 0.1) is 6.61 Å². The third kappa shape index (κ3) is 3.37. The number of hydrogen-bond donors (Lipinski definition) is 2. The highest BCUT2D eigenvalue weighted by Crippen LogP contribution is 2.21. The Balaban J connectivity index is 2.19. The summed E-state index contributed by atoms with van der Waals surface area (Å²) < 4.78 is 5.23. The molecule has 1 heterocycles. The van der Waals surface area contributed by atoms with E-state index >= 15 is 0 Å². The summed E-state index contributed by atoms with van der Waals surface area (Å²) in [5, 5.41) is 18.8. The van der Waals surface area contributed by atoms with Crippen molar-refractivity contribution >= 4 is 16.9 Å². The number of carboxylic acids is 1. The summed E-state index contributed by atoms with van der Waals surface area (Å²) in [7, 11) is 0. The van der Waals surface area contributed by atoms with Crippen molar-refractivity contribution in [3.63, 3.8) is 0 Å². The van der Waals surface area contributed by atoms with Gasteiger partial charge < -0.3 is 14.6 Å². The van der Waals surface area contributed by atoms with Crippen LogP contribution in [0, 0.1) is 0 Å². The Morgan fingerprint density at radius 3 is 2.75 bits per heavy atom. The highest BCUT2D eigenvalue weighted by Gasteiger charge is 2.11. The maximum Gasteiger partial charge on any atom is 0.371 e. The van der Waals surface area contributed by atoms with E-state index in [1.54, 1.807) is 6.07 Å². The Hall–Kier alpha value is -1.85. The van der Waals surface area contributed by atoms with Crippen molar-refractivity contribution in [2.75, 3.05) is 19.7 Å². The molecule has 0 aliphatic rings. The number of rotatable bonds is 7. The van der Waals surface area contributed by atoms with Crippen LogP contribution in [0.3, 0.4) is 0 Å². The van der Waals surface area contributed by atoms with Gasteiger partial charge in [-0.15, -0.1) is 0 Å². The number of aliphatic hydroxyl groups excluding tert-OH is 1. The molecule has 2 rings (SSSR count). The van der Waals surface area contributed by atoms with Crippen LogP contribution in [-0.4, -0.2) is 40.8 Å². The van der Waals surface area contributed by atoms with E-state index in [1.807, 2.05) is 12.1 Å². The molecule has 20 heavy (non-hydrogen) atoms. The minimum Gasteiger partial charge on any atom is -0.475 e. The first-order valence-corrected chi connectivity index (χ1v) is 6.73. The van der Waals surface area contributed by atoms with E-state index in [0.717, 1.165) is 30.5 Å². The van der Waals surface area contributed by atoms with Gasteiger partial charge in [0, 0.05) is 18.5 Å². The average molecular weight is 277 g/mol. The molecule has 0 saturated carbocycles. The molecule has 5 nitrogen and oxygen atoms in total. The summed E-state index contributed by atoms with van der Waals surface area (Å²) in [6.07, 6.45) is 1.02. The molecule has 2 aromatic rings. The fourth-order valence-corrected chi connectivity index (χ4v) is 2.28. The average Bonchev–Trinajstić information content (AvgIpc) is 2.82. The standard InChI is InChI=1S/C15H19NO4/c1-2-5-16(6-7-17)10-11-3-4-13-12(8-11)9-14(20-13)15(18)19/h3-4,8-9,17H,2,5-7,10H2,1H3,(H,18,19). The van der Waals surface area contributed by atoms with E-state index < -0.39 is 5.97 Å². The van der Waals surface area contributed by atoms with E-state index in [-0.39, 0.29) is 12.4 Å². The third-order valence-electron chi connectivity index (χ3n) is 3.15. The van der Waals surface area contributed by atoms with Crippen LogP contribution in [0.25, 0.3) is 11.0 Å². The number of carboxylic acid groups (broad SMARTS) is 1. The first-order valence-electron chi connectivity index (χ1n) is 6.73. The molecule has 0 spiro atoms. The zero-order valence-corrected chi connectivity index (χ0v) is 11.5. The molecule has 0 atom stereocenters. The van der Waals surface area contributed by atoms with Crippen LogP contribution >= 0.6 is 0 Å². The number of aliphatic hydroxyl groups is 1. The quantitative estimate of drug-likeness (QED) is 0.812. The second kappa shape index (κ2) is 6.54. The van der Waals surface area contributed by atoms with Gasteiger partial charge in [-0.25, -0.2) is 4.79 Å². The third-order valence-corrected chi connectivity index (χ3v) is 3.15.